The third kappa shape index (κ3) is 2.08. The van der Waals surface area contributed by atoms with Crippen molar-refractivity contribution in [3.63, 3.8) is 0 Å². The van der Waals surface area contributed by atoms with E-state index in [2.05, 4.69) is 11.8 Å². The minimum Gasteiger partial charge on any atom is -0.356 e. The normalized spacial score (nSPS) is 29.5. The molecule has 2 aliphatic rings. The average molecular weight is 212 g/mol. The topological polar surface area (TPSA) is 27.1 Å². The number of thioether (sulfide) groups is 1. The van der Waals surface area contributed by atoms with Gasteiger partial charge in [-0.15, -0.1) is 0 Å². The average Bonchev–Trinajstić information content (AvgIpc) is 2.70. The van der Waals surface area contributed by atoms with Crippen LogP contribution >= 0.6 is 11.8 Å². The molecule has 0 aromatic rings. The number of rotatable bonds is 1. The lowest BCUT2D eigenvalue weighted by molar-refractivity contribution is 0.341. The van der Waals surface area contributed by atoms with E-state index in [0.29, 0.717) is 12.0 Å². The molecule has 80 valence electrons. The molecule has 2 rings (SSSR count). The number of nitrogens with zero attached hydrogens (tertiary/aromatic N) is 1. The Morgan fingerprint density at radius 3 is 2.71 bits per heavy atom. The van der Waals surface area contributed by atoms with E-state index in [1.165, 1.54) is 37.2 Å². The molecule has 0 radical (unpaired) electrons. The van der Waals surface area contributed by atoms with Crippen LogP contribution in [0.15, 0.2) is 0 Å². The predicted octanol–water partition coefficient (Wildman–Crippen LogP) is 2.59. The van der Waals surface area contributed by atoms with E-state index in [1.54, 1.807) is 0 Å². The maximum absolute atomic E-state index is 8.23. The molecule has 14 heavy (non-hydrogen) atoms. The summed E-state index contributed by atoms with van der Waals surface area (Å²) >= 11 is 2.03. The van der Waals surface area contributed by atoms with Crippen LogP contribution in [0.1, 0.15) is 32.6 Å². The van der Waals surface area contributed by atoms with Crippen molar-refractivity contribution in [1.29, 1.82) is 5.41 Å². The summed E-state index contributed by atoms with van der Waals surface area (Å²) in [7, 11) is 0. The number of hydrogen-bond acceptors (Lipinski definition) is 2. The molecule has 0 amide bonds. The van der Waals surface area contributed by atoms with E-state index in [9.17, 15) is 0 Å². The highest BCUT2D eigenvalue weighted by molar-refractivity contribution is 7.99. The molecule has 1 unspecified atom stereocenters. The van der Waals surface area contributed by atoms with Gasteiger partial charge >= 0.3 is 0 Å². The van der Waals surface area contributed by atoms with Crippen molar-refractivity contribution < 1.29 is 0 Å². The highest BCUT2D eigenvalue weighted by Gasteiger charge is 2.28. The molecular weight excluding hydrogens is 192 g/mol. The van der Waals surface area contributed by atoms with Crippen molar-refractivity contribution >= 4 is 17.6 Å². The monoisotopic (exact) mass is 212 g/mol. The van der Waals surface area contributed by atoms with Crippen LogP contribution in [-0.4, -0.2) is 34.8 Å². The van der Waals surface area contributed by atoms with E-state index < -0.39 is 0 Å². The van der Waals surface area contributed by atoms with Crippen molar-refractivity contribution in [3.8, 4) is 0 Å². The molecule has 3 heteroatoms. The minimum atomic E-state index is 0.584. The second-order valence-corrected chi connectivity index (χ2v) is 5.63. The summed E-state index contributed by atoms with van der Waals surface area (Å²) in [6.07, 6.45) is 5.19. The predicted molar refractivity (Wildman–Crippen MR) is 63.2 cm³/mol. The van der Waals surface area contributed by atoms with Crippen molar-refractivity contribution in [2.75, 3.05) is 18.1 Å². The van der Waals surface area contributed by atoms with Gasteiger partial charge in [0.1, 0.15) is 0 Å². The molecular formula is C11H20N2S. The van der Waals surface area contributed by atoms with E-state index in [0.717, 1.165) is 12.4 Å². The molecule has 1 N–H and O–H groups in total. The Balaban J connectivity index is 1.94. The molecule has 1 aliphatic heterocycles. The molecule has 1 heterocycles. The molecule has 1 saturated carbocycles. The molecule has 1 atom stereocenters. The summed E-state index contributed by atoms with van der Waals surface area (Å²) in [5.74, 6) is 3.94. The fraction of sp³-hybridized carbons (Fsp3) is 0.909. The van der Waals surface area contributed by atoms with Crippen LogP contribution in [0.25, 0.3) is 0 Å². The molecule has 1 aliphatic carbocycles. The smallest absolute Gasteiger partial charge is 0.0992 e. The Morgan fingerprint density at radius 1 is 1.36 bits per heavy atom. The van der Waals surface area contributed by atoms with Gasteiger partial charge in [-0.05, 0) is 19.8 Å². The number of nitrogens with one attached hydrogen (secondary N) is 1. The fourth-order valence-corrected chi connectivity index (χ4v) is 3.53. The summed E-state index contributed by atoms with van der Waals surface area (Å²) in [6.45, 7) is 3.36. The van der Waals surface area contributed by atoms with Crippen molar-refractivity contribution in [3.05, 3.63) is 0 Å². The van der Waals surface area contributed by atoms with Gasteiger partial charge in [0.2, 0.25) is 0 Å². The second kappa shape index (κ2) is 4.56. The third-order valence-electron chi connectivity index (χ3n) is 3.42. The van der Waals surface area contributed by atoms with Crippen molar-refractivity contribution in [2.45, 2.75) is 38.6 Å². The van der Waals surface area contributed by atoms with Crippen LogP contribution in [0.2, 0.25) is 0 Å². The third-order valence-corrected chi connectivity index (χ3v) is 4.61. The van der Waals surface area contributed by atoms with E-state index in [4.69, 9.17) is 5.41 Å². The zero-order valence-corrected chi connectivity index (χ0v) is 9.78. The Bertz CT molecular complexity index is 211. The van der Waals surface area contributed by atoms with Gasteiger partial charge in [0.25, 0.3) is 0 Å². The lowest BCUT2D eigenvalue weighted by atomic mass is 10.1. The first-order chi connectivity index (χ1) is 6.79. The van der Waals surface area contributed by atoms with Crippen LogP contribution in [0.5, 0.6) is 0 Å². The Kier molecular flexibility index (Phi) is 3.37. The van der Waals surface area contributed by atoms with Gasteiger partial charge in [-0.3, -0.25) is 5.41 Å². The SMILES string of the molecule is CC1CSCCN1C(=N)C1CCCC1. The Hall–Kier alpha value is -0.180. The lowest BCUT2D eigenvalue weighted by Crippen LogP contribution is -2.46. The summed E-state index contributed by atoms with van der Waals surface area (Å²) in [4.78, 5) is 2.34. The van der Waals surface area contributed by atoms with Gasteiger partial charge in [0.05, 0.1) is 5.84 Å². The van der Waals surface area contributed by atoms with Gasteiger partial charge in [-0.25, -0.2) is 0 Å². The molecule has 2 fully saturated rings. The van der Waals surface area contributed by atoms with Gasteiger partial charge in [-0.2, -0.15) is 11.8 Å². The van der Waals surface area contributed by atoms with E-state index >= 15 is 0 Å². The zero-order chi connectivity index (χ0) is 9.97. The standard InChI is InChI=1S/C11H20N2S/c1-9-8-14-7-6-13(9)11(12)10-4-2-3-5-10/h9-10,12H,2-8H2,1H3. The molecule has 0 spiro atoms. The first-order valence-corrected chi connectivity index (χ1v) is 6.87. The molecule has 2 nitrogen and oxygen atoms in total. The minimum absolute atomic E-state index is 0.584. The Labute approximate surface area is 90.9 Å². The largest absolute Gasteiger partial charge is 0.356 e. The summed E-state index contributed by atoms with van der Waals surface area (Å²) in [5.41, 5.74) is 0. The maximum Gasteiger partial charge on any atom is 0.0992 e. The summed E-state index contributed by atoms with van der Waals surface area (Å²) in [6, 6.07) is 0.585. The molecule has 1 saturated heterocycles. The summed E-state index contributed by atoms with van der Waals surface area (Å²) < 4.78 is 0. The first kappa shape index (κ1) is 10.3. The van der Waals surface area contributed by atoms with E-state index in [1.807, 2.05) is 11.8 Å². The Morgan fingerprint density at radius 2 is 2.07 bits per heavy atom. The zero-order valence-electron chi connectivity index (χ0n) is 8.96. The molecule has 0 aromatic carbocycles. The quantitative estimate of drug-likeness (QED) is 0.534. The van der Waals surface area contributed by atoms with Crippen LogP contribution in [0.3, 0.4) is 0 Å². The van der Waals surface area contributed by atoms with Crippen molar-refractivity contribution in [2.24, 2.45) is 5.92 Å². The van der Waals surface area contributed by atoms with Gasteiger partial charge in [-0.1, -0.05) is 12.8 Å². The van der Waals surface area contributed by atoms with Crippen molar-refractivity contribution in [1.82, 2.24) is 4.90 Å². The van der Waals surface area contributed by atoms with Crippen LogP contribution in [0.4, 0.5) is 0 Å². The highest BCUT2D eigenvalue weighted by Crippen LogP contribution is 2.28. The highest BCUT2D eigenvalue weighted by atomic mass is 32.2. The van der Waals surface area contributed by atoms with Crippen LogP contribution in [-0.2, 0) is 0 Å². The van der Waals surface area contributed by atoms with E-state index in [-0.39, 0.29) is 0 Å². The first-order valence-electron chi connectivity index (χ1n) is 5.72. The summed E-state index contributed by atoms with van der Waals surface area (Å²) in [5, 5.41) is 8.23. The van der Waals surface area contributed by atoms with Gasteiger partial charge < -0.3 is 4.90 Å². The number of hydrogen-bond donors (Lipinski definition) is 1. The van der Waals surface area contributed by atoms with Gasteiger partial charge in [0.15, 0.2) is 0 Å². The molecule has 0 bridgehead atoms. The molecule has 0 aromatic heterocycles. The second-order valence-electron chi connectivity index (χ2n) is 4.48. The van der Waals surface area contributed by atoms with Crippen LogP contribution in [0, 0.1) is 11.3 Å². The lowest BCUT2D eigenvalue weighted by Gasteiger charge is -2.37. The number of amidine groups is 1. The van der Waals surface area contributed by atoms with Crippen LogP contribution < -0.4 is 0 Å². The van der Waals surface area contributed by atoms with Gasteiger partial charge in [0, 0.05) is 30.0 Å². The maximum atomic E-state index is 8.23. The fourth-order valence-electron chi connectivity index (χ4n) is 2.52.